The Morgan fingerprint density at radius 1 is 1.40 bits per heavy atom. The van der Waals surface area contributed by atoms with Gasteiger partial charge in [0.2, 0.25) is 5.91 Å². The highest BCUT2D eigenvalue weighted by atomic mass is 35.5. The SMILES string of the molecule is CCC1CCCCN1C(=O)CNCc1ccccc1Cl. The second-order valence-corrected chi connectivity index (χ2v) is 5.75. The predicted molar refractivity (Wildman–Crippen MR) is 82.8 cm³/mol. The molecule has 0 aromatic heterocycles. The first-order valence-electron chi connectivity index (χ1n) is 7.46. The zero-order chi connectivity index (χ0) is 14.4. The average Bonchev–Trinajstić information content (AvgIpc) is 2.49. The lowest BCUT2D eigenvalue weighted by molar-refractivity contribution is -0.134. The summed E-state index contributed by atoms with van der Waals surface area (Å²) in [6.07, 6.45) is 4.57. The second kappa shape index (κ2) is 7.65. The van der Waals surface area contributed by atoms with Gasteiger partial charge in [0.15, 0.2) is 0 Å². The fourth-order valence-corrected chi connectivity index (χ4v) is 3.00. The number of carbonyl (C=O) groups excluding carboxylic acids is 1. The number of benzene rings is 1. The van der Waals surface area contributed by atoms with Crippen molar-refractivity contribution in [1.82, 2.24) is 10.2 Å². The van der Waals surface area contributed by atoms with E-state index in [0.717, 1.165) is 36.4 Å². The largest absolute Gasteiger partial charge is 0.339 e. The second-order valence-electron chi connectivity index (χ2n) is 5.34. The third kappa shape index (κ3) is 3.97. The van der Waals surface area contributed by atoms with Crippen molar-refractivity contribution in [2.75, 3.05) is 13.1 Å². The van der Waals surface area contributed by atoms with E-state index in [4.69, 9.17) is 11.6 Å². The Bertz CT molecular complexity index is 450. The number of amides is 1. The summed E-state index contributed by atoms with van der Waals surface area (Å²) in [4.78, 5) is 14.3. The minimum absolute atomic E-state index is 0.212. The molecule has 1 atom stereocenters. The third-order valence-corrected chi connectivity index (χ3v) is 4.34. The van der Waals surface area contributed by atoms with E-state index in [1.165, 1.54) is 6.42 Å². The molecule has 110 valence electrons. The van der Waals surface area contributed by atoms with Crippen LogP contribution in [0.1, 0.15) is 38.2 Å². The van der Waals surface area contributed by atoms with Gasteiger partial charge in [-0.05, 0) is 37.3 Å². The fourth-order valence-electron chi connectivity index (χ4n) is 2.80. The number of nitrogens with zero attached hydrogens (tertiary/aromatic N) is 1. The van der Waals surface area contributed by atoms with E-state index in [1.807, 2.05) is 29.2 Å². The number of piperidine rings is 1. The molecule has 20 heavy (non-hydrogen) atoms. The summed E-state index contributed by atoms with van der Waals surface area (Å²) in [5.74, 6) is 0.212. The summed E-state index contributed by atoms with van der Waals surface area (Å²) < 4.78 is 0. The van der Waals surface area contributed by atoms with Crippen molar-refractivity contribution in [3.8, 4) is 0 Å². The number of rotatable bonds is 5. The molecule has 1 amide bonds. The maximum Gasteiger partial charge on any atom is 0.236 e. The van der Waals surface area contributed by atoms with E-state index in [2.05, 4.69) is 12.2 Å². The number of halogens is 1. The molecule has 1 saturated heterocycles. The van der Waals surface area contributed by atoms with Gasteiger partial charge in [0.05, 0.1) is 6.54 Å². The van der Waals surface area contributed by atoms with Crippen LogP contribution in [-0.4, -0.2) is 29.9 Å². The van der Waals surface area contributed by atoms with Gasteiger partial charge in [0, 0.05) is 24.2 Å². The van der Waals surface area contributed by atoms with Crippen LogP contribution in [0.2, 0.25) is 5.02 Å². The van der Waals surface area contributed by atoms with Gasteiger partial charge in [-0.25, -0.2) is 0 Å². The molecule has 0 aliphatic carbocycles. The first-order valence-corrected chi connectivity index (χ1v) is 7.83. The first kappa shape index (κ1) is 15.3. The van der Waals surface area contributed by atoms with Crippen molar-refractivity contribution in [3.63, 3.8) is 0 Å². The molecule has 0 saturated carbocycles. The van der Waals surface area contributed by atoms with E-state index < -0.39 is 0 Å². The maximum absolute atomic E-state index is 12.3. The van der Waals surface area contributed by atoms with Crippen LogP contribution in [-0.2, 0) is 11.3 Å². The Morgan fingerprint density at radius 2 is 2.20 bits per heavy atom. The van der Waals surface area contributed by atoms with Crippen LogP contribution < -0.4 is 5.32 Å². The van der Waals surface area contributed by atoms with Crippen molar-refractivity contribution >= 4 is 17.5 Å². The minimum Gasteiger partial charge on any atom is -0.339 e. The standard InChI is InChI=1S/C16H23ClN2O/c1-2-14-8-5-6-10-19(14)16(20)12-18-11-13-7-3-4-9-15(13)17/h3-4,7,9,14,18H,2,5-6,8,10-12H2,1H3. The third-order valence-electron chi connectivity index (χ3n) is 3.97. The van der Waals surface area contributed by atoms with Gasteiger partial charge in [-0.3, -0.25) is 4.79 Å². The lowest BCUT2D eigenvalue weighted by atomic mass is 10.00. The van der Waals surface area contributed by atoms with Gasteiger partial charge in [-0.2, -0.15) is 0 Å². The maximum atomic E-state index is 12.3. The first-order chi connectivity index (χ1) is 9.72. The Balaban J connectivity index is 1.81. The Kier molecular flexibility index (Phi) is 5.86. The summed E-state index contributed by atoms with van der Waals surface area (Å²) in [5, 5.41) is 3.96. The van der Waals surface area contributed by atoms with Crippen LogP contribution in [0.3, 0.4) is 0 Å². The smallest absolute Gasteiger partial charge is 0.236 e. The van der Waals surface area contributed by atoms with Crippen LogP contribution in [0.25, 0.3) is 0 Å². The molecular formula is C16H23ClN2O. The topological polar surface area (TPSA) is 32.3 Å². The van der Waals surface area contributed by atoms with Crippen LogP contribution in [0.5, 0.6) is 0 Å². The number of hydrogen-bond acceptors (Lipinski definition) is 2. The molecule has 1 aliphatic heterocycles. The molecule has 0 spiro atoms. The lowest BCUT2D eigenvalue weighted by Gasteiger charge is -2.35. The van der Waals surface area contributed by atoms with Crippen molar-refractivity contribution in [2.45, 2.75) is 45.2 Å². The van der Waals surface area contributed by atoms with Gasteiger partial charge >= 0.3 is 0 Å². The van der Waals surface area contributed by atoms with E-state index in [9.17, 15) is 4.79 Å². The Morgan fingerprint density at radius 3 is 2.95 bits per heavy atom. The van der Waals surface area contributed by atoms with Crippen LogP contribution in [0.4, 0.5) is 0 Å². The number of carbonyl (C=O) groups is 1. The molecule has 4 heteroatoms. The number of nitrogens with one attached hydrogen (secondary N) is 1. The van der Waals surface area contributed by atoms with Crippen LogP contribution >= 0.6 is 11.6 Å². The molecule has 1 heterocycles. The molecular weight excluding hydrogens is 272 g/mol. The quantitative estimate of drug-likeness (QED) is 0.904. The summed E-state index contributed by atoms with van der Waals surface area (Å²) in [6, 6.07) is 8.16. The number of hydrogen-bond donors (Lipinski definition) is 1. The van der Waals surface area contributed by atoms with Crippen molar-refractivity contribution in [1.29, 1.82) is 0 Å². The molecule has 3 nitrogen and oxygen atoms in total. The van der Waals surface area contributed by atoms with Crippen LogP contribution in [0, 0.1) is 0 Å². The monoisotopic (exact) mass is 294 g/mol. The molecule has 1 aromatic carbocycles. The molecule has 0 bridgehead atoms. The molecule has 0 radical (unpaired) electrons. The van der Waals surface area contributed by atoms with Gasteiger partial charge in [-0.1, -0.05) is 36.7 Å². The van der Waals surface area contributed by atoms with Crippen molar-refractivity contribution in [3.05, 3.63) is 34.9 Å². The molecule has 1 fully saturated rings. The van der Waals surface area contributed by atoms with Gasteiger partial charge in [0.25, 0.3) is 0 Å². The van der Waals surface area contributed by atoms with Crippen LogP contribution in [0.15, 0.2) is 24.3 Å². The Labute approximate surface area is 126 Å². The average molecular weight is 295 g/mol. The van der Waals surface area contributed by atoms with Crippen molar-refractivity contribution in [2.24, 2.45) is 0 Å². The highest BCUT2D eigenvalue weighted by Gasteiger charge is 2.24. The summed E-state index contributed by atoms with van der Waals surface area (Å²) in [7, 11) is 0. The molecule has 2 rings (SSSR count). The molecule has 1 unspecified atom stereocenters. The van der Waals surface area contributed by atoms with Gasteiger partial charge < -0.3 is 10.2 Å². The lowest BCUT2D eigenvalue weighted by Crippen LogP contribution is -2.46. The number of likely N-dealkylation sites (tertiary alicyclic amines) is 1. The molecule has 1 aromatic rings. The zero-order valence-electron chi connectivity index (χ0n) is 12.1. The Hall–Kier alpha value is -1.06. The molecule has 1 N–H and O–H groups in total. The van der Waals surface area contributed by atoms with Gasteiger partial charge in [0.1, 0.15) is 0 Å². The zero-order valence-corrected chi connectivity index (χ0v) is 12.8. The van der Waals surface area contributed by atoms with Crippen molar-refractivity contribution < 1.29 is 4.79 Å². The summed E-state index contributed by atoms with van der Waals surface area (Å²) >= 11 is 6.10. The summed E-state index contributed by atoms with van der Waals surface area (Å²) in [6.45, 7) is 4.09. The highest BCUT2D eigenvalue weighted by molar-refractivity contribution is 6.31. The predicted octanol–water partition coefficient (Wildman–Crippen LogP) is 3.22. The van der Waals surface area contributed by atoms with E-state index in [0.29, 0.717) is 19.1 Å². The summed E-state index contributed by atoms with van der Waals surface area (Å²) in [5.41, 5.74) is 1.03. The van der Waals surface area contributed by atoms with E-state index >= 15 is 0 Å². The fraction of sp³-hybridized carbons (Fsp3) is 0.562. The normalized spacial score (nSPS) is 19.1. The molecule has 1 aliphatic rings. The van der Waals surface area contributed by atoms with Gasteiger partial charge in [-0.15, -0.1) is 0 Å². The van der Waals surface area contributed by atoms with E-state index in [-0.39, 0.29) is 5.91 Å². The highest BCUT2D eigenvalue weighted by Crippen LogP contribution is 2.19. The van der Waals surface area contributed by atoms with E-state index in [1.54, 1.807) is 0 Å². The minimum atomic E-state index is 0.212.